The van der Waals surface area contributed by atoms with Crippen molar-refractivity contribution in [2.75, 3.05) is 26.8 Å². The van der Waals surface area contributed by atoms with Crippen LogP contribution in [0.5, 0.6) is 23.0 Å². The minimum Gasteiger partial charge on any atom is -0.508 e. The Morgan fingerprint density at radius 3 is 2.46 bits per heavy atom. The number of fused-ring (bicyclic) bond motifs is 1. The third kappa shape index (κ3) is 5.17. The van der Waals surface area contributed by atoms with Gasteiger partial charge in [-0.1, -0.05) is 31.2 Å². The van der Waals surface area contributed by atoms with Gasteiger partial charge in [-0.15, -0.1) is 0 Å². The van der Waals surface area contributed by atoms with Crippen molar-refractivity contribution in [3.8, 4) is 23.0 Å². The van der Waals surface area contributed by atoms with E-state index in [9.17, 15) is 10.2 Å². The Balaban J connectivity index is 1.37. The first-order valence-corrected chi connectivity index (χ1v) is 12.8. The lowest BCUT2D eigenvalue weighted by Gasteiger charge is -2.31. The molecular weight excluding hydrogens is 466 g/mol. The fraction of sp³-hybridized carbons (Fsp3) is 0.355. The predicted molar refractivity (Wildman–Crippen MR) is 145 cm³/mol. The summed E-state index contributed by atoms with van der Waals surface area (Å²) >= 11 is 0. The molecule has 1 fully saturated rings. The molecule has 2 aliphatic heterocycles. The Kier molecular flexibility index (Phi) is 7.13. The van der Waals surface area contributed by atoms with Crippen molar-refractivity contribution in [2.24, 2.45) is 5.92 Å². The van der Waals surface area contributed by atoms with Gasteiger partial charge in [0.25, 0.3) is 0 Å². The van der Waals surface area contributed by atoms with Gasteiger partial charge in [-0.25, -0.2) is 0 Å². The summed E-state index contributed by atoms with van der Waals surface area (Å²) in [6.07, 6.45) is -0.0903. The number of aromatic hydroxyl groups is 2. The van der Waals surface area contributed by atoms with E-state index in [4.69, 9.17) is 14.2 Å². The summed E-state index contributed by atoms with van der Waals surface area (Å²) in [5.74, 6) is 2.43. The topological polar surface area (TPSA) is 71.4 Å². The van der Waals surface area contributed by atoms with Gasteiger partial charge in [0.2, 0.25) is 0 Å². The van der Waals surface area contributed by atoms with Gasteiger partial charge in [0.15, 0.2) is 0 Å². The van der Waals surface area contributed by atoms with Crippen LogP contribution in [-0.2, 0) is 4.74 Å². The van der Waals surface area contributed by atoms with E-state index in [-0.39, 0.29) is 23.7 Å². The smallest absolute Gasteiger partial charge is 0.150 e. The maximum atomic E-state index is 10.2. The molecular formula is C31H35NO5. The van der Waals surface area contributed by atoms with Gasteiger partial charge < -0.3 is 24.4 Å². The van der Waals surface area contributed by atoms with Crippen molar-refractivity contribution in [3.05, 3.63) is 83.4 Å². The maximum absolute atomic E-state index is 10.2. The molecule has 0 bridgehead atoms. The molecule has 3 aromatic carbocycles. The Hall–Kier alpha value is -3.48. The third-order valence-electron chi connectivity index (χ3n) is 7.61. The lowest BCUT2D eigenvalue weighted by molar-refractivity contribution is 0.0779. The van der Waals surface area contributed by atoms with Crippen LogP contribution in [0.4, 0.5) is 0 Å². The maximum Gasteiger partial charge on any atom is 0.150 e. The average molecular weight is 502 g/mol. The lowest BCUT2D eigenvalue weighted by Crippen LogP contribution is -2.36. The molecule has 2 N–H and O–H groups in total. The minimum atomic E-state index is -0.371. The second-order valence-corrected chi connectivity index (χ2v) is 10.2. The SMILES string of the molecule is CO[C@H]1CN(C(C)COc2ccc(C3Oc4ccc(O)cc4C(C)=C3c3cccc(O)c3)cc2)C[C@@H]1C. The van der Waals surface area contributed by atoms with Crippen molar-refractivity contribution in [1.82, 2.24) is 4.90 Å². The highest BCUT2D eigenvalue weighted by molar-refractivity contribution is 5.95. The van der Waals surface area contributed by atoms with Crippen molar-refractivity contribution < 1.29 is 24.4 Å². The summed E-state index contributed by atoms with van der Waals surface area (Å²) in [4.78, 5) is 2.42. The molecule has 6 nitrogen and oxygen atoms in total. The minimum absolute atomic E-state index is 0.187. The number of nitrogens with zero attached hydrogens (tertiary/aromatic N) is 1. The van der Waals surface area contributed by atoms with Crippen molar-refractivity contribution in [3.63, 3.8) is 0 Å². The van der Waals surface area contributed by atoms with E-state index in [2.05, 4.69) is 18.7 Å². The summed E-state index contributed by atoms with van der Waals surface area (Å²) in [7, 11) is 1.79. The highest BCUT2D eigenvalue weighted by atomic mass is 16.5. The molecule has 4 atom stereocenters. The molecule has 0 saturated carbocycles. The molecule has 194 valence electrons. The van der Waals surface area contributed by atoms with Crippen LogP contribution in [0.15, 0.2) is 66.7 Å². The molecule has 37 heavy (non-hydrogen) atoms. The van der Waals surface area contributed by atoms with Crippen molar-refractivity contribution in [1.29, 1.82) is 0 Å². The van der Waals surface area contributed by atoms with E-state index in [1.54, 1.807) is 37.4 Å². The Labute approximate surface area is 218 Å². The number of rotatable bonds is 7. The average Bonchev–Trinajstić information content (AvgIpc) is 3.28. The van der Waals surface area contributed by atoms with E-state index >= 15 is 0 Å². The fourth-order valence-electron chi connectivity index (χ4n) is 5.42. The molecule has 0 spiro atoms. The summed E-state index contributed by atoms with van der Waals surface area (Å²) in [6, 6.07) is 20.7. The zero-order chi connectivity index (χ0) is 26.1. The van der Waals surface area contributed by atoms with Gasteiger partial charge in [-0.2, -0.15) is 0 Å². The van der Waals surface area contributed by atoms with Crippen LogP contribution in [0.25, 0.3) is 11.1 Å². The summed E-state index contributed by atoms with van der Waals surface area (Å²) < 4.78 is 18.2. The van der Waals surface area contributed by atoms with E-state index in [1.807, 2.05) is 43.3 Å². The number of methoxy groups -OCH3 is 1. The molecule has 1 saturated heterocycles. The first-order valence-electron chi connectivity index (χ1n) is 12.8. The van der Waals surface area contributed by atoms with Gasteiger partial charge in [0, 0.05) is 37.4 Å². The Morgan fingerprint density at radius 2 is 1.76 bits per heavy atom. The number of ether oxygens (including phenoxy) is 3. The monoisotopic (exact) mass is 501 g/mol. The molecule has 2 aliphatic rings. The number of hydrogen-bond donors (Lipinski definition) is 2. The van der Waals surface area contributed by atoms with Crippen LogP contribution in [0.3, 0.4) is 0 Å². The van der Waals surface area contributed by atoms with Gasteiger partial charge in [-0.3, -0.25) is 4.90 Å². The molecule has 0 aromatic heterocycles. The number of benzene rings is 3. The molecule has 0 aliphatic carbocycles. The first-order chi connectivity index (χ1) is 17.8. The lowest BCUT2D eigenvalue weighted by atomic mass is 9.86. The number of phenolic OH excluding ortho intramolecular Hbond substituents is 2. The van der Waals surface area contributed by atoms with Crippen LogP contribution >= 0.6 is 0 Å². The number of allylic oxidation sites excluding steroid dienone is 1. The summed E-state index contributed by atoms with van der Waals surface area (Å²) in [5.41, 5.74) is 4.65. The number of hydrogen-bond acceptors (Lipinski definition) is 6. The zero-order valence-corrected chi connectivity index (χ0v) is 21.8. The quantitative estimate of drug-likeness (QED) is 0.420. The van der Waals surface area contributed by atoms with E-state index in [1.165, 1.54) is 0 Å². The zero-order valence-electron chi connectivity index (χ0n) is 21.8. The second-order valence-electron chi connectivity index (χ2n) is 10.2. The van der Waals surface area contributed by atoms with E-state index < -0.39 is 0 Å². The number of likely N-dealkylation sites (tertiary alicyclic amines) is 1. The Bertz CT molecular complexity index is 1290. The fourth-order valence-corrected chi connectivity index (χ4v) is 5.42. The molecule has 2 unspecified atom stereocenters. The summed E-state index contributed by atoms with van der Waals surface area (Å²) in [5, 5.41) is 20.2. The molecule has 3 aromatic rings. The first kappa shape index (κ1) is 25.2. The van der Waals surface area contributed by atoms with Crippen LogP contribution < -0.4 is 9.47 Å². The van der Waals surface area contributed by atoms with Crippen molar-refractivity contribution in [2.45, 2.75) is 39.0 Å². The third-order valence-corrected chi connectivity index (χ3v) is 7.61. The van der Waals surface area contributed by atoms with Crippen LogP contribution in [0.1, 0.15) is 43.6 Å². The number of phenols is 2. The highest BCUT2D eigenvalue weighted by Crippen LogP contribution is 2.47. The largest absolute Gasteiger partial charge is 0.508 e. The molecule has 2 heterocycles. The van der Waals surface area contributed by atoms with Gasteiger partial charge in [0.05, 0.1) is 6.10 Å². The van der Waals surface area contributed by atoms with Crippen LogP contribution in [0.2, 0.25) is 0 Å². The normalized spacial score (nSPS) is 22.4. The highest BCUT2D eigenvalue weighted by Gasteiger charge is 2.32. The van der Waals surface area contributed by atoms with Crippen LogP contribution in [0, 0.1) is 5.92 Å². The predicted octanol–water partition coefficient (Wildman–Crippen LogP) is 5.90. The molecule has 5 rings (SSSR count). The molecule has 0 radical (unpaired) electrons. The Morgan fingerprint density at radius 1 is 1.00 bits per heavy atom. The molecule has 6 heteroatoms. The molecule has 0 amide bonds. The van der Waals surface area contributed by atoms with Gasteiger partial charge in [0.1, 0.15) is 35.7 Å². The summed E-state index contributed by atoms with van der Waals surface area (Å²) in [6.45, 7) is 9.01. The van der Waals surface area contributed by atoms with Crippen LogP contribution in [-0.4, -0.2) is 54.1 Å². The van der Waals surface area contributed by atoms with Gasteiger partial charge in [-0.05, 0) is 78.9 Å². The van der Waals surface area contributed by atoms with Crippen molar-refractivity contribution >= 4 is 11.1 Å². The van der Waals surface area contributed by atoms with Gasteiger partial charge >= 0.3 is 0 Å². The second kappa shape index (κ2) is 10.5. The van der Waals surface area contributed by atoms with E-state index in [0.29, 0.717) is 24.3 Å². The standard InChI is InChI=1S/C31H35NO5/c1-19-16-32(17-29(19)35-4)20(2)18-36-26-11-8-22(9-12-26)31-30(23-6-5-7-24(33)14-23)21(3)27-15-25(34)10-13-28(27)37-31/h5-15,19-20,29,31,33-34H,16-18H2,1-4H3/t19-,20?,29-,31?/m0/s1. The van der Waals surface area contributed by atoms with E-state index in [0.717, 1.165) is 46.7 Å².